The van der Waals surface area contributed by atoms with Gasteiger partial charge in [0.15, 0.2) is 0 Å². The first-order chi connectivity index (χ1) is 9.29. The van der Waals surface area contributed by atoms with E-state index in [1.807, 2.05) is 12.1 Å². The Morgan fingerprint density at radius 2 is 2.21 bits per heavy atom. The molecular formula is C15H12FN3. The molecule has 0 bridgehead atoms. The molecule has 2 aromatic rings. The topological polar surface area (TPSA) is 48.7 Å². The first-order valence-corrected chi connectivity index (χ1v) is 6.18. The number of nitrogens with one attached hydrogen (secondary N) is 1. The first kappa shape index (κ1) is 11.7. The van der Waals surface area contributed by atoms with E-state index in [4.69, 9.17) is 5.26 Å². The largest absolute Gasteiger partial charge is 0.375 e. The van der Waals surface area contributed by atoms with E-state index in [2.05, 4.69) is 16.4 Å². The van der Waals surface area contributed by atoms with Crippen molar-refractivity contribution in [2.45, 2.75) is 18.9 Å². The van der Waals surface area contributed by atoms with Crippen LogP contribution in [0.5, 0.6) is 0 Å². The highest BCUT2D eigenvalue weighted by molar-refractivity contribution is 5.59. The molecule has 1 aliphatic carbocycles. The predicted molar refractivity (Wildman–Crippen MR) is 70.0 cm³/mol. The van der Waals surface area contributed by atoms with Gasteiger partial charge in [-0.05, 0) is 36.6 Å². The Kier molecular flexibility index (Phi) is 2.88. The molecule has 3 rings (SSSR count). The van der Waals surface area contributed by atoms with Crippen molar-refractivity contribution in [3.63, 3.8) is 0 Å². The van der Waals surface area contributed by atoms with Crippen LogP contribution in [0.15, 0.2) is 36.5 Å². The van der Waals surface area contributed by atoms with Gasteiger partial charge >= 0.3 is 0 Å². The van der Waals surface area contributed by atoms with Crippen molar-refractivity contribution in [2.24, 2.45) is 0 Å². The number of nitrogens with zero attached hydrogens (tertiary/aromatic N) is 2. The molecule has 1 atom stereocenters. The third-order valence-corrected chi connectivity index (χ3v) is 3.41. The lowest BCUT2D eigenvalue weighted by Gasteiger charge is -2.15. The normalized spacial score (nSPS) is 16.7. The summed E-state index contributed by atoms with van der Waals surface area (Å²) in [4.78, 5) is 4.38. The van der Waals surface area contributed by atoms with Crippen LogP contribution >= 0.6 is 0 Å². The zero-order chi connectivity index (χ0) is 13.2. The molecule has 19 heavy (non-hydrogen) atoms. The fraction of sp³-hybridized carbons (Fsp3) is 0.200. The van der Waals surface area contributed by atoms with Crippen LogP contribution < -0.4 is 5.32 Å². The number of benzene rings is 1. The van der Waals surface area contributed by atoms with Crippen LogP contribution in [0.25, 0.3) is 0 Å². The Bertz CT molecular complexity index is 661. The van der Waals surface area contributed by atoms with Gasteiger partial charge < -0.3 is 5.32 Å². The van der Waals surface area contributed by atoms with Gasteiger partial charge in [-0.3, -0.25) is 4.98 Å². The Balaban J connectivity index is 1.92. The molecule has 4 heteroatoms. The van der Waals surface area contributed by atoms with Crippen molar-refractivity contribution in [3.8, 4) is 6.07 Å². The standard InChI is InChI=1S/C15H12FN3/c16-12-4-1-5-13(11(12)9-17)19-14-7-6-10-3-2-8-18-15(10)14/h1-5,8,14,19H,6-7H2. The number of aromatic nitrogens is 1. The highest BCUT2D eigenvalue weighted by Crippen LogP contribution is 2.33. The molecule has 1 aromatic heterocycles. The van der Waals surface area contributed by atoms with Crippen LogP contribution in [0, 0.1) is 17.1 Å². The number of anilines is 1. The second-order valence-corrected chi connectivity index (χ2v) is 4.56. The molecule has 0 amide bonds. The molecule has 1 aliphatic rings. The maximum atomic E-state index is 13.5. The predicted octanol–water partition coefficient (Wildman–Crippen LogP) is 3.19. The Morgan fingerprint density at radius 3 is 3.05 bits per heavy atom. The Morgan fingerprint density at radius 1 is 1.32 bits per heavy atom. The SMILES string of the molecule is N#Cc1c(F)cccc1NC1CCc2cccnc21. The number of halogens is 1. The van der Waals surface area contributed by atoms with Crippen LogP contribution in [-0.4, -0.2) is 4.98 Å². The van der Waals surface area contributed by atoms with Crippen LogP contribution in [0.4, 0.5) is 10.1 Å². The van der Waals surface area contributed by atoms with Crippen LogP contribution in [-0.2, 0) is 6.42 Å². The lowest BCUT2D eigenvalue weighted by molar-refractivity contribution is 0.623. The summed E-state index contributed by atoms with van der Waals surface area (Å²) in [5.74, 6) is -0.494. The van der Waals surface area contributed by atoms with Crippen molar-refractivity contribution in [3.05, 3.63) is 59.2 Å². The minimum Gasteiger partial charge on any atom is -0.375 e. The lowest BCUT2D eigenvalue weighted by Crippen LogP contribution is -2.10. The van der Waals surface area contributed by atoms with Crippen LogP contribution in [0.2, 0.25) is 0 Å². The lowest BCUT2D eigenvalue weighted by atomic mass is 10.1. The molecule has 0 fully saturated rings. The summed E-state index contributed by atoms with van der Waals surface area (Å²) in [6, 6.07) is 10.6. The minimum absolute atomic E-state index is 0.0464. The molecule has 0 saturated carbocycles. The van der Waals surface area contributed by atoms with E-state index in [1.54, 1.807) is 18.3 Å². The van der Waals surface area contributed by atoms with Crippen molar-refractivity contribution in [1.82, 2.24) is 4.98 Å². The highest BCUT2D eigenvalue weighted by atomic mass is 19.1. The molecule has 1 heterocycles. The van der Waals surface area contributed by atoms with E-state index in [9.17, 15) is 4.39 Å². The molecule has 0 spiro atoms. The number of hydrogen-bond donors (Lipinski definition) is 1. The van der Waals surface area contributed by atoms with E-state index in [1.165, 1.54) is 11.6 Å². The fourth-order valence-electron chi connectivity index (χ4n) is 2.50. The maximum Gasteiger partial charge on any atom is 0.143 e. The fourth-order valence-corrected chi connectivity index (χ4v) is 2.50. The second kappa shape index (κ2) is 4.69. The van der Waals surface area contributed by atoms with E-state index in [0.717, 1.165) is 18.5 Å². The molecular weight excluding hydrogens is 241 g/mol. The molecule has 0 radical (unpaired) electrons. The van der Waals surface area contributed by atoms with E-state index in [0.29, 0.717) is 5.69 Å². The summed E-state index contributed by atoms with van der Waals surface area (Å²) in [6.45, 7) is 0. The smallest absolute Gasteiger partial charge is 0.143 e. The highest BCUT2D eigenvalue weighted by Gasteiger charge is 2.24. The molecule has 1 aromatic carbocycles. The van der Waals surface area contributed by atoms with Gasteiger partial charge in [0.05, 0.1) is 17.4 Å². The maximum absolute atomic E-state index is 13.5. The van der Waals surface area contributed by atoms with Crippen molar-refractivity contribution < 1.29 is 4.39 Å². The number of pyridine rings is 1. The number of rotatable bonds is 2. The third kappa shape index (κ3) is 2.04. The first-order valence-electron chi connectivity index (χ1n) is 6.18. The van der Waals surface area contributed by atoms with Gasteiger partial charge in [0.2, 0.25) is 0 Å². The van der Waals surface area contributed by atoms with Gasteiger partial charge in [0.1, 0.15) is 17.4 Å². The van der Waals surface area contributed by atoms with Gasteiger partial charge in [-0.25, -0.2) is 4.39 Å². The van der Waals surface area contributed by atoms with Gasteiger partial charge in [-0.2, -0.15) is 5.26 Å². The molecule has 1 unspecified atom stereocenters. The third-order valence-electron chi connectivity index (χ3n) is 3.41. The monoisotopic (exact) mass is 253 g/mol. The summed E-state index contributed by atoms with van der Waals surface area (Å²) in [5.41, 5.74) is 2.81. The van der Waals surface area contributed by atoms with Gasteiger partial charge in [0, 0.05) is 6.20 Å². The summed E-state index contributed by atoms with van der Waals surface area (Å²) in [7, 11) is 0. The average molecular weight is 253 g/mol. The Labute approximate surface area is 110 Å². The summed E-state index contributed by atoms with van der Waals surface area (Å²) in [5, 5.41) is 12.3. The van der Waals surface area contributed by atoms with Crippen molar-refractivity contribution in [1.29, 1.82) is 5.26 Å². The Hall–Kier alpha value is -2.41. The minimum atomic E-state index is -0.494. The summed E-state index contributed by atoms with van der Waals surface area (Å²) < 4.78 is 13.5. The van der Waals surface area contributed by atoms with E-state index < -0.39 is 5.82 Å². The van der Waals surface area contributed by atoms with Gasteiger partial charge in [0.25, 0.3) is 0 Å². The zero-order valence-corrected chi connectivity index (χ0v) is 10.2. The van der Waals surface area contributed by atoms with Gasteiger partial charge in [-0.1, -0.05) is 12.1 Å². The number of aryl methyl sites for hydroxylation is 1. The number of fused-ring (bicyclic) bond motifs is 1. The van der Waals surface area contributed by atoms with E-state index in [-0.39, 0.29) is 11.6 Å². The van der Waals surface area contributed by atoms with Crippen LogP contribution in [0.3, 0.4) is 0 Å². The summed E-state index contributed by atoms with van der Waals surface area (Å²) >= 11 is 0. The van der Waals surface area contributed by atoms with E-state index >= 15 is 0 Å². The van der Waals surface area contributed by atoms with Gasteiger partial charge in [-0.15, -0.1) is 0 Å². The zero-order valence-electron chi connectivity index (χ0n) is 10.2. The van der Waals surface area contributed by atoms with Crippen molar-refractivity contribution in [2.75, 3.05) is 5.32 Å². The number of nitriles is 1. The average Bonchev–Trinajstić information content (AvgIpc) is 2.83. The summed E-state index contributed by atoms with van der Waals surface area (Å²) in [6.07, 6.45) is 3.63. The van der Waals surface area contributed by atoms with Crippen molar-refractivity contribution >= 4 is 5.69 Å². The number of hydrogen-bond acceptors (Lipinski definition) is 3. The molecule has 0 saturated heterocycles. The van der Waals surface area contributed by atoms with Crippen LogP contribution in [0.1, 0.15) is 29.3 Å². The quantitative estimate of drug-likeness (QED) is 0.894. The molecule has 3 nitrogen and oxygen atoms in total. The second-order valence-electron chi connectivity index (χ2n) is 4.56. The molecule has 1 N–H and O–H groups in total. The molecule has 94 valence electrons. The molecule has 0 aliphatic heterocycles.